The van der Waals surface area contributed by atoms with Crippen molar-refractivity contribution in [3.05, 3.63) is 82.9 Å². The van der Waals surface area contributed by atoms with Crippen LogP contribution in [0.1, 0.15) is 25.0 Å². The van der Waals surface area contributed by atoms with E-state index in [0.717, 1.165) is 12.1 Å². The molecule has 0 fully saturated rings. The largest absolute Gasteiger partial charge is 0.494 e. The van der Waals surface area contributed by atoms with Gasteiger partial charge in [-0.3, -0.25) is 4.79 Å². The van der Waals surface area contributed by atoms with E-state index in [9.17, 15) is 27.5 Å². The third-order valence-corrected chi connectivity index (χ3v) is 6.72. The molecule has 0 saturated carbocycles. The van der Waals surface area contributed by atoms with E-state index in [4.69, 9.17) is 21.1 Å². The molecule has 0 unspecified atom stereocenters. The van der Waals surface area contributed by atoms with E-state index in [1.54, 1.807) is 18.2 Å². The van der Waals surface area contributed by atoms with E-state index in [-0.39, 0.29) is 33.7 Å². The zero-order valence-corrected chi connectivity index (χ0v) is 25.6. The SMILES string of the molecule is COc1cc2ncnc(Nc3cc(Cl)c(Oc4cccc(C(F)(F)F)c4F)cc3C(C)(C)O)c2cc1NC(=O)C=CCN(C)C. The van der Waals surface area contributed by atoms with E-state index in [0.29, 0.717) is 35.0 Å². The lowest BCUT2D eigenvalue weighted by atomic mass is 9.96. The van der Waals surface area contributed by atoms with Gasteiger partial charge in [-0.05, 0) is 58.3 Å². The first kappa shape index (κ1) is 33.4. The number of likely N-dealkylation sites (N-methyl/N-ethyl adjacent to an activating group) is 1. The first-order valence-corrected chi connectivity index (χ1v) is 13.8. The van der Waals surface area contributed by atoms with Crippen LogP contribution in [0.4, 0.5) is 34.8 Å². The quantitative estimate of drug-likeness (QED) is 0.122. The molecule has 1 aromatic heterocycles. The van der Waals surface area contributed by atoms with Crippen LogP contribution >= 0.6 is 11.6 Å². The molecule has 0 atom stereocenters. The number of alkyl halides is 3. The van der Waals surface area contributed by atoms with E-state index >= 15 is 0 Å². The Labute approximate surface area is 261 Å². The van der Waals surface area contributed by atoms with E-state index in [1.807, 2.05) is 19.0 Å². The maximum atomic E-state index is 14.7. The smallest absolute Gasteiger partial charge is 0.419 e. The summed E-state index contributed by atoms with van der Waals surface area (Å²) in [6.07, 6.45) is -0.535. The third kappa shape index (κ3) is 7.98. The number of hydrogen-bond donors (Lipinski definition) is 3. The van der Waals surface area contributed by atoms with Crippen LogP contribution < -0.4 is 20.1 Å². The second kappa shape index (κ2) is 13.3. The van der Waals surface area contributed by atoms with Crippen LogP contribution in [0, 0.1) is 5.82 Å². The fourth-order valence-corrected chi connectivity index (χ4v) is 4.49. The number of aromatic nitrogens is 2. The summed E-state index contributed by atoms with van der Waals surface area (Å²) in [4.78, 5) is 23.1. The summed E-state index contributed by atoms with van der Waals surface area (Å²) in [5, 5.41) is 17.3. The van der Waals surface area contributed by atoms with E-state index in [2.05, 4.69) is 20.6 Å². The molecule has 0 bridgehead atoms. The topological polar surface area (TPSA) is 109 Å². The Hall–Kier alpha value is -4.46. The molecule has 3 aromatic carbocycles. The minimum Gasteiger partial charge on any atom is -0.494 e. The zero-order chi connectivity index (χ0) is 33.1. The standard InChI is InChI=1S/C31H30ClF4N5O4/c1-30(2,43)19-13-25(45-24-9-6-8-18(28(24)33)31(34,35)36)20(32)14-22(19)40-29-17-12-23(39-27(42)10-7-11-41(3)4)26(44-5)15-21(17)37-16-38-29/h6-10,12-16,43H,11H2,1-5H3,(H,39,42)(H,37,38,40). The Morgan fingerprint density at radius 3 is 2.42 bits per heavy atom. The number of carbonyl (C=O) groups excluding carboxylic acids is 1. The number of amides is 1. The van der Waals surface area contributed by atoms with Crippen molar-refractivity contribution in [2.24, 2.45) is 0 Å². The van der Waals surface area contributed by atoms with Gasteiger partial charge in [0.25, 0.3) is 0 Å². The second-order valence-electron chi connectivity index (χ2n) is 10.7. The Morgan fingerprint density at radius 1 is 1.04 bits per heavy atom. The summed E-state index contributed by atoms with van der Waals surface area (Å²) >= 11 is 6.45. The molecular formula is C31H30ClF4N5O4. The van der Waals surface area contributed by atoms with Gasteiger partial charge < -0.3 is 30.1 Å². The van der Waals surface area contributed by atoms with Crippen LogP contribution in [0.25, 0.3) is 10.9 Å². The number of fused-ring (bicyclic) bond motifs is 1. The molecule has 238 valence electrons. The van der Waals surface area contributed by atoms with Gasteiger partial charge in [-0.15, -0.1) is 0 Å². The molecule has 0 aliphatic carbocycles. The zero-order valence-electron chi connectivity index (χ0n) is 24.9. The summed E-state index contributed by atoms with van der Waals surface area (Å²) in [7, 11) is 5.19. The highest BCUT2D eigenvalue weighted by atomic mass is 35.5. The van der Waals surface area contributed by atoms with Gasteiger partial charge in [0.05, 0.1) is 34.5 Å². The number of methoxy groups -OCH3 is 1. The molecule has 4 aromatic rings. The number of anilines is 3. The number of nitrogens with zero attached hydrogens (tertiary/aromatic N) is 3. The van der Waals surface area contributed by atoms with Crippen molar-refractivity contribution in [2.45, 2.75) is 25.6 Å². The Balaban J connectivity index is 1.74. The molecule has 0 radical (unpaired) electrons. The maximum absolute atomic E-state index is 14.7. The lowest BCUT2D eigenvalue weighted by Gasteiger charge is -2.24. The van der Waals surface area contributed by atoms with Crippen molar-refractivity contribution in [2.75, 3.05) is 38.4 Å². The minimum absolute atomic E-state index is 0.0974. The molecule has 0 aliphatic rings. The lowest BCUT2D eigenvalue weighted by Crippen LogP contribution is -2.18. The highest BCUT2D eigenvalue weighted by Crippen LogP contribution is 2.42. The number of rotatable bonds is 10. The van der Waals surface area contributed by atoms with Gasteiger partial charge in [0.15, 0.2) is 11.6 Å². The van der Waals surface area contributed by atoms with Crippen LogP contribution in [0.3, 0.4) is 0 Å². The molecule has 4 rings (SSSR count). The van der Waals surface area contributed by atoms with Crippen LogP contribution in [0.15, 0.2) is 60.9 Å². The minimum atomic E-state index is -4.94. The van der Waals surface area contributed by atoms with Crippen molar-refractivity contribution < 1.29 is 36.9 Å². The monoisotopic (exact) mass is 647 g/mol. The molecule has 3 N–H and O–H groups in total. The maximum Gasteiger partial charge on any atom is 0.419 e. The highest BCUT2D eigenvalue weighted by molar-refractivity contribution is 6.32. The average molecular weight is 648 g/mol. The van der Waals surface area contributed by atoms with Gasteiger partial charge >= 0.3 is 6.18 Å². The van der Waals surface area contributed by atoms with Gasteiger partial charge in [-0.2, -0.15) is 13.2 Å². The highest BCUT2D eigenvalue weighted by Gasteiger charge is 2.35. The van der Waals surface area contributed by atoms with E-state index < -0.39 is 28.9 Å². The Bertz CT molecular complexity index is 1760. The predicted molar refractivity (Wildman–Crippen MR) is 164 cm³/mol. The Kier molecular flexibility index (Phi) is 9.86. The number of nitrogens with one attached hydrogen (secondary N) is 2. The first-order valence-electron chi connectivity index (χ1n) is 13.4. The molecule has 1 heterocycles. The number of benzene rings is 3. The molecular weight excluding hydrogens is 618 g/mol. The predicted octanol–water partition coefficient (Wildman–Crippen LogP) is 7.27. The second-order valence-corrected chi connectivity index (χ2v) is 11.1. The third-order valence-electron chi connectivity index (χ3n) is 6.43. The molecule has 14 heteroatoms. The summed E-state index contributed by atoms with van der Waals surface area (Å²) in [6, 6.07) is 8.53. The summed E-state index contributed by atoms with van der Waals surface area (Å²) in [6.45, 7) is 3.50. The summed E-state index contributed by atoms with van der Waals surface area (Å²) in [5.41, 5.74) is -1.77. The normalized spacial score (nSPS) is 12.2. The number of halogens is 5. The number of carbonyl (C=O) groups is 1. The fourth-order valence-electron chi connectivity index (χ4n) is 4.29. The molecule has 1 amide bonds. The molecule has 45 heavy (non-hydrogen) atoms. The van der Waals surface area contributed by atoms with Crippen LogP contribution in [-0.4, -0.2) is 53.6 Å². The van der Waals surface area contributed by atoms with E-state index in [1.165, 1.54) is 45.5 Å². The fraction of sp³-hybridized carbons (Fsp3) is 0.258. The molecule has 0 saturated heterocycles. The summed E-state index contributed by atoms with van der Waals surface area (Å²) in [5.74, 6) is -2.26. The lowest BCUT2D eigenvalue weighted by molar-refractivity contribution is -0.140. The molecule has 9 nitrogen and oxygen atoms in total. The number of aliphatic hydroxyl groups is 1. The molecule has 0 aliphatic heterocycles. The van der Waals surface area contributed by atoms with Gasteiger partial charge in [0.2, 0.25) is 5.91 Å². The average Bonchev–Trinajstić information content (AvgIpc) is 2.93. The van der Waals surface area contributed by atoms with Crippen molar-refractivity contribution in [3.63, 3.8) is 0 Å². The van der Waals surface area contributed by atoms with Crippen molar-refractivity contribution in [3.8, 4) is 17.2 Å². The van der Waals surface area contributed by atoms with Crippen LogP contribution in [0.2, 0.25) is 5.02 Å². The Morgan fingerprint density at radius 2 is 1.78 bits per heavy atom. The van der Waals surface area contributed by atoms with Gasteiger partial charge in [-0.25, -0.2) is 14.4 Å². The van der Waals surface area contributed by atoms with Crippen molar-refractivity contribution in [1.82, 2.24) is 14.9 Å². The van der Waals surface area contributed by atoms with Gasteiger partial charge in [-0.1, -0.05) is 23.7 Å². The summed E-state index contributed by atoms with van der Waals surface area (Å²) < 4.78 is 65.3. The van der Waals surface area contributed by atoms with Crippen LogP contribution in [-0.2, 0) is 16.6 Å². The number of ether oxygens (including phenoxy) is 2. The first-order chi connectivity index (χ1) is 21.1. The van der Waals surface area contributed by atoms with Crippen molar-refractivity contribution >= 4 is 45.6 Å². The van der Waals surface area contributed by atoms with Crippen LogP contribution in [0.5, 0.6) is 17.2 Å². The molecule has 0 spiro atoms. The van der Waals surface area contributed by atoms with Gasteiger partial charge in [0.1, 0.15) is 23.6 Å². The van der Waals surface area contributed by atoms with Gasteiger partial charge in [0, 0.05) is 35.3 Å². The number of hydrogen-bond acceptors (Lipinski definition) is 8. The van der Waals surface area contributed by atoms with Crippen molar-refractivity contribution in [1.29, 1.82) is 0 Å².